The zero-order chi connectivity index (χ0) is 26.9. The van der Waals surface area contributed by atoms with Crippen molar-refractivity contribution in [3.63, 3.8) is 0 Å². The molecule has 2 aromatic carbocycles. The number of hydrogen-bond acceptors (Lipinski definition) is 5. The predicted molar refractivity (Wildman–Crippen MR) is 144 cm³/mol. The molecule has 1 N–H and O–H groups in total. The molecule has 0 saturated heterocycles. The van der Waals surface area contributed by atoms with E-state index in [2.05, 4.69) is 5.32 Å². The fraction of sp³-hybridized carbons (Fsp3) is 0.440. The molecule has 1 atom stereocenters. The van der Waals surface area contributed by atoms with Gasteiger partial charge in [0, 0.05) is 42.2 Å². The van der Waals surface area contributed by atoms with Gasteiger partial charge < -0.3 is 15.0 Å². The van der Waals surface area contributed by atoms with Crippen molar-refractivity contribution in [2.24, 2.45) is 0 Å². The number of amides is 2. The van der Waals surface area contributed by atoms with Crippen molar-refractivity contribution < 1.29 is 22.7 Å². The molecule has 0 saturated carbocycles. The maximum Gasteiger partial charge on any atom is 0.242 e. The minimum Gasteiger partial charge on any atom is -0.494 e. The average Bonchev–Trinajstić information content (AvgIpc) is 2.83. The molecule has 2 aromatic rings. The van der Waals surface area contributed by atoms with E-state index < -0.39 is 16.1 Å². The third kappa shape index (κ3) is 8.01. The van der Waals surface area contributed by atoms with Crippen molar-refractivity contribution in [3.05, 3.63) is 58.1 Å². The summed E-state index contributed by atoms with van der Waals surface area (Å²) in [6.45, 7) is 4.32. The van der Waals surface area contributed by atoms with Crippen LogP contribution in [0.1, 0.15) is 38.7 Å². The maximum absolute atomic E-state index is 13.4. The van der Waals surface area contributed by atoms with Gasteiger partial charge in [0.05, 0.1) is 18.6 Å². The molecular weight excluding hydrogens is 525 g/mol. The number of hydrogen-bond donors (Lipinski definition) is 1. The second kappa shape index (κ2) is 13.7. The third-order valence-corrected chi connectivity index (χ3v) is 7.51. The van der Waals surface area contributed by atoms with Gasteiger partial charge in [0.1, 0.15) is 11.8 Å². The average molecular weight is 559 g/mol. The van der Waals surface area contributed by atoms with Gasteiger partial charge in [0.15, 0.2) is 0 Å². The summed E-state index contributed by atoms with van der Waals surface area (Å²) >= 11 is 12.7. The number of rotatable bonds is 13. The number of sulfonamides is 1. The SMILES string of the molecule is CCOc1ccc(N(CCCC(=O)N(Cc2c(Cl)cccc2Cl)C(CC)C(=O)NC)S(C)(=O)=O)cc1. The van der Waals surface area contributed by atoms with Crippen LogP contribution in [0.5, 0.6) is 5.75 Å². The zero-order valence-electron chi connectivity index (χ0n) is 21.0. The highest BCUT2D eigenvalue weighted by Crippen LogP contribution is 2.28. The molecule has 0 aliphatic carbocycles. The number of nitrogens with zero attached hydrogens (tertiary/aromatic N) is 2. The molecule has 0 aliphatic rings. The summed E-state index contributed by atoms with van der Waals surface area (Å²) in [5.41, 5.74) is 1.02. The second-order valence-corrected chi connectivity index (χ2v) is 10.8. The molecule has 0 heterocycles. The highest BCUT2D eigenvalue weighted by molar-refractivity contribution is 7.92. The lowest BCUT2D eigenvalue weighted by Crippen LogP contribution is -2.48. The van der Waals surface area contributed by atoms with E-state index >= 15 is 0 Å². The Balaban J connectivity index is 2.22. The molecule has 0 aliphatic heterocycles. The number of ether oxygens (including phenoxy) is 1. The second-order valence-electron chi connectivity index (χ2n) is 8.13. The fourth-order valence-corrected chi connectivity index (χ4v) is 5.30. The first-order valence-corrected chi connectivity index (χ1v) is 14.3. The van der Waals surface area contributed by atoms with Crippen LogP contribution in [0.3, 0.4) is 0 Å². The Labute approximate surface area is 223 Å². The zero-order valence-corrected chi connectivity index (χ0v) is 23.3. The van der Waals surface area contributed by atoms with Crippen molar-refractivity contribution in [2.45, 2.75) is 45.7 Å². The number of anilines is 1. The molecular formula is C25H33Cl2N3O5S. The number of nitrogens with one attached hydrogen (secondary N) is 1. The fourth-order valence-electron chi connectivity index (χ4n) is 3.82. The Bertz CT molecular complexity index is 1120. The van der Waals surface area contributed by atoms with Gasteiger partial charge in [-0.3, -0.25) is 13.9 Å². The van der Waals surface area contributed by atoms with Crippen LogP contribution in [0.25, 0.3) is 0 Å². The van der Waals surface area contributed by atoms with Gasteiger partial charge in [-0.2, -0.15) is 0 Å². The topological polar surface area (TPSA) is 96.0 Å². The monoisotopic (exact) mass is 557 g/mol. The van der Waals surface area contributed by atoms with Crippen LogP contribution in [0.15, 0.2) is 42.5 Å². The first kappa shape index (κ1) is 29.7. The van der Waals surface area contributed by atoms with Crippen LogP contribution in [0.4, 0.5) is 5.69 Å². The lowest BCUT2D eigenvalue weighted by atomic mass is 10.1. The minimum absolute atomic E-state index is 0.0264. The minimum atomic E-state index is -3.59. The van der Waals surface area contributed by atoms with Gasteiger partial charge in [-0.05, 0) is 56.2 Å². The lowest BCUT2D eigenvalue weighted by Gasteiger charge is -2.31. The number of benzene rings is 2. The first-order valence-electron chi connectivity index (χ1n) is 11.7. The quantitative estimate of drug-likeness (QED) is 0.391. The Morgan fingerprint density at radius 1 is 1.06 bits per heavy atom. The molecule has 198 valence electrons. The van der Waals surface area contributed by atoms with Crippen LogP contribution in [-0.2, 0) is 26.2 Å². The molecule has 2 amide bonds. The lowest BCUT2D eigenvalue weighted by molar-refractivity contribution is -0.141. The van der Waals surface area contributed by atoms with Gasteiger partial charge in [-0.15, -0.1) is 0 Å². The first-order chi connectivity index (χ1) is 17.0. The van der Waals surface area contributed by atoms with E-state index in [1.807, 2.05) is 13.8 Å². The Morgan fingerprint density at radius 3 is 2.17 bits per heavy atom. The Morgan fingerprint density at radius 2 is 1.67 bits per heavy atom. The Hall–Kier alpha value is -2.49. The number of likely N-dealkylation sites (N-methyl/N-ethyl adjacent to an activating group) is 1. The van der Waals surface area contributed by atoms with Gasteiger partial charge in [-0.1, -0.05) is 36.2 Å². The molecule has 0 fully saturated rings. The number of carbonyl (C=O) groups is 2. The standard InChI is InChI=1S/C25H33Cl2N3O5S/c1-5-23(25(32)28-3)29(17-20-21(26)9-7-10-22(20)27)24(31)11-8-16-30(36(4,33)34)18-12-14-19(15-13-18)35-6-2/h7,9-10,12-15,23H,5-6,8,11,16-17H2,1-4H3,(H,28,32). The molecule has 11 heteroatoms. The van der Waals surface area contributed by atoms with E-state index in [4.69, 9.17) is 27.9 Å². The highest BCUT2D eigenvalue weighted by atomic mass is 35.5. The van der Waals surface area contributed by atoms with Crippen molar-refractivity contribution in [1.82, 2.24) is 10.2 Å². The summed E-state index contributed by atoms with van der Waals surface area (Å²) in [7, 11) is -2.08. The summed E-state index contributed by atoms with van der Waals surface area (Å²) in [4.78, 5) is 27.4. The Kier molecular flexibility index (Phi) is 11.3. The van der Waals surface area contributed by atoms with Crippen molar-refractivity contribution >= 4 is 50.7 Å². The largest absolute Gasteiger partial charge is 0.494 e. The van der Waals surface area contributed by atoms with Crippen molar-refractivity contribution in [3.8, 4) is 5.75 Å². The van der Waals surface area contributed by atoms with Crippen LogP contribution < -0.4 is 14.4 Å². The molecule has 8 nitrogen and oxygen atoms in total. The van der Waals surface area contributed by atoms with Gasteiger partial charge in [-0.25, -0.2) is 8.42 Å². The van der Waals surface area contributed by atoms with E-state index in [1.165, 1.54) is 16.3 Å². The van der Waals surface area contributed by atoms with Crippen molar-refractivity contribution in [1.29, 1.82) is 0 Å². The van der Waals surface area contributed by atoms with Gasteiger partial charge in [0.25, 0.3) is 0 Å². The molecule has 0 radical (unpaired) electrons. The maximum atomic E-state index is 13.4. The van der Waals surface area contributed by atoms with E-state index in [0.29, 0.717) is 40.1 Å². The van der Waals surface area contributed by atoms with E-state index in [0.717, 1.165) is 6.26 Å². The van der Waals surface area contributed by atoms with Gasteiger partial charge >= 0.3 is 0 Å². The van der Waals surface area contributed by atoms with Crippen LogP contribution in [0, 0.1) is 0 Å². The normalized spacial score (nSPS) is 12.1. The number of carbonyl (C=O) groups excluding carboxylic acids is 2. The third-order valence-electron chi connectivity index (χ3n) is 5.61. The smallest absolute Gasteiger partial charge is 0.242 e. The van der Waals surface area contributed by atoms with Crippen molar-refractivity contribution in [2.75, 3.05) is 30.8 Å². The molecule has 36 heavy (non-hydrogen) atoms. The van der Waals surface area contributed by atoms with Crippen LogP contribution in [-0.4, -0.2) is 57.6 Å². The molecule has 2 rings (SSSR count). The van der Waals surface area contributed by atoms with E-state index in [-0.39, 0.29) is 37.7 Å². The van der Waals surface area contributed by atoms with Crippen LogP contribution >= 0.6 is 23.2 Å². The summed E-state index contributed by atoms with van der Waals surface area (Å²) in [5, 5.41) is 3.39. The predicted octanol–water partition coefficient (Wildman–Crippen LogP) is 4.49. The highest BCUT2D eigenvalue weighted by Gasteiger charge is 2.29. The van der Waals surface area contributed by atoms with Gasteiger partial charge in [0.2, 0.25) is 21.8 Å². The molecule has 0 aromatic heterocycles. The number of halogens is 2. The summed E-state index contributed by atoms with van der Waals surface area (Å²) in [6.07, 6.45) is 1.78. The summed E-state index contributed by atoms with van der Waals surface area (Å²) in [6, 6.07) is 11.1. The molecule has 0 spiro atoms. The summed E-state index contributed by atoms with van der Waals surface area (Å²) in [5.74, 6) is 0.0290. The van der Waals surface area contributed by atoms with E-state index in [9.17, 15) is 18.0 Å². The van der Waals surface area contributed by atoms with E-state index in [1.54, 1.807) is 42.5 Å². The molecule has 1 unspecified atom stereocenters. The van der Waals surface area contributed by atoms with Crippen LogP contribution in [0.2, 0.25) is 10.0 Å². The molecule has 0 bridgehead atoms. The summed E-state index contributed by atoms with van der Waals surface area (Å²) < 4.78 is 31.6.